The maximum absolute atomic E-state index is 12.7. The van der Waals surface area contributed by atoms with Crippen LogP contribution in [0, 0.1) is 11.3 Å². The van der Waals surface area contributed by atoms with Gasteiger partial charge in [-0.25, -0.2) is 5.01 Å². The average Bonchev–Trinajstić information content (AvgIpc) is 3.09. The summed E-state index contributed by atoms with van der Waals surface area (Å²) in [5.74, 6) is 0.509. The molecule has 0 spiro atoms. The Bertz CT molecular complexity index is 589. The molecule has 1 unspecified atom stereocenters. The molecule has 126 valence electrons. The van der Waals surface area contributed by atoms with E-state index in [1.165, 1.54) is 11.4 Å². The number of unbranched alkanes of at least 4 members (excludes halogenated alkanes) is 1. The van der Waals surface area contributed by atoms with Gasteiger partial charge in [0.25, 0.3) is 5.91 Å². The highest BCUT2D eigenvalue weighted by Gasteiger charge is 2.44. The average molecular weight is 317 g/mol. The number of rotatable bonds is 8. The maximum Gasteiger partial charge on any atom is 0.254 e. The van der Waals surface area contributed by atoms with Crippen LogP contribution in [0.3, 0.4) is 0 Å². The molecule has 1 aliphatic heterocycles. The van der Waals surface area contributed by atoms with Crippen molar-refractivity contribution in [2.75, 3.05) is 6.54 Å². The predicted octanol–water partition coefficient (Wildman–Crippen LogP) is 3.64. The van der Waals surface area contributed by atoms with E-state index in [-0.39, 0.29) is 18.2 Å². The number of amides is 1. The molecule has 0 bridgehead atoms. The van der Waals surface area contributed by atoms with Crippen molar-refractivity contribution < 1.29 is 9.59 Å². The zero-order valence-electron chi connectivity index (χ0n) is 14.6. The number of carbonyl (C=O) groups excluding carboxylic acids is 2. The molecule has 1 atom stereocenters. The maximum atomic E-state index is 12.7. The number of H-pyrrole nitrogens is 1. The molecule has 1 amide bonds. The van der Waals surface area contributed by atoms with E-state index in [4.69, 9.17) is 0 Å². The predicted molar refractivity (Wildman–Crippen MR) is 91.4 cm³/mol. The van der Waals surface area contributed by atoms with Crippen LogP contribution in [0.15, 0.2) is 23.4 Å². The lowest BCUT2D eigenvalue weighted by Gasteiger charge is -2.23. The summed E-state index contributed by atoms with van der Waals surface area (Å²) in [7, 11) is 0. The van der Waals surface area contributed by atoms with Gasteiger partial charge in [0, 0.05) is 6.20 Å². The molecule has 1 aromatic heterocycles. The molecule has 1 aliphatic rings. The summed E-state index contributed by atoms with van der Waals surface area (Å²) in [4.78, 5) is 27.8. The van der Waals surface area contributed by atoms with Crippen LogP contribution in [-0.4, -0.2) is 33.9 Å². The molecule has 0 fully saturated rings. The van der Waals surface area contributed by atoms with Crippen molar-refractivity contribution in [3.8, 4) is 0 Å². The molecule has 0 aromatic carbocycles. The van der Waals surface area contributed by atoms with Crippen LogP contribution >= 0.6 is 0 Å². The Morgan fingerprint density at radius 1 is 1.39 bits per heavy atom. The smallest absolute Gasteiger partial charge is 0.254 e. The molecule has 2 heterocycles. The largest absolute Gasteiger partial charge is 0.359 e. The Morgan fingerprint density at radius 3 is 2.74 bits per heavy atom. The van der Waals surface area contributed by atoms with E-state index < -0.39 is 5.41 Å². The summed E-state index contributed by atoms with van der Waals surface area (Å²) < 4.78 is 0. The first-order valence-corrected chi connectivity index (χ1v) is 8.39. The van der Waals surface area contributed by atoms with Crippen LogP contribution < -0.4 is 0 Å². The molecule has 0 saturated carbocycles. The van der Waals surface area contributed by atoms with Crippen molar-refractivity contribution in [2.45, 2.75) is 53.4 Å². The second-order valence-corrected chi connectivity index (χ2v) is 7.03. The molecule has 23 heavy (non-hydrogen) atoms. The van der Waals surface area contributed by atoms with Crippen molar-refractivity contribution >= 4 is 17.4 Å². The normalized spacial score (nSPS) is 21.2. The van der Waals surface area contributed by atoms with Crippen LogP contribution in [0.5, 0.6) is 0 Å². The van der Waals surface area contributed by atoms with E-state index in [0.29, 0.717) is 11.6 Å². The van der Waals surface area contributed by atoms with Crippen LogP contribution in [0.1, 0.15) is 63.9 Å². The number of hydrazone groups is 1. The van der Waals surface area contributed by atoms with E-state index in [0.717, 1.165) is 25.0 Å². The third-order valence-corrected chi connectivity index (χ3v) is 4.68. The van der Waals surface area contributed by atoms with Gasteiger partial charge >= 0.3 is 0 Å². The molecule has 0 radical (unpaired) electrons. The number of ketones is 1. The quantitative estimate of drug-likeness (QED) is 0.587. The van der Waals surface area contributed by atoms with Gasteiger partial charge in [0.2, 0.25) is 5.78 Å². The first-order valence-electron chi connectivity index (χ1n) is 8.39. The number of aromatic amines is 1. The van der Waals surface area contributed by atoms with Crippen molar-refractivity contribution in [2.24, 2.45) is 16.4 Å². The highest BCUT2D eigenvalue weighted by Crippen LogP contribution is 2.34. The lowest BCUT2D eigenvalue weighted by molar-refractivity contribution is -0.135. The van der Waals surface area contributed by atoms with E-state index in [2.05, 4.69) is 23.9 Å². The monoisotopic (exact) mass is 317 g/mol. The first kappa shape index (κ1) is 17.4. The van der Waals surface area contributed by atoms with Crippen molar-refractivity contribution in [3.05, 3.63) is 24.0 Å². The molecule has 1 N–H and O–H groups in total. The molecular formula is C18H27N3O2. The van der Waals surface area contributed by atoms with Crippen molar-refractivity contribution in [1.29, 1.82) is 0 Å². The minimum atomic E-state index is -0.563. The standard InChI is InChI=1S/C18H27N3O2/c1-13(2)8-5-6-10-18(4)14(3)20-21(17(18)23)12-16(22)15-9-7-11-19-15/h7,9,11,13,19H,5-6,8,10,12H2,1-4H3. The lowest BCUT2D eigenvalue weighted by Crippen LogP contribution is -2.38. The molecule has 1 aromatic rings. The Hall–Kier alpha value is -1.91. The van der Waals surface area contributed by atoms with Gasteiger partial charge in [-0.1, -0.05) is 33.1 Å². The van der Waals surface area contributed by atoms with E-state index in [1.54, 1.807) is 18.3 Å². The van der Waals surface area contributed by atoms with Gasteiger partial charge in [-0.3, -0.25) is 9.59 Å². The number of carbonyl (C=O) groups is 2. The van der Waals surface area contributed by atoms with Gasteiger partial charge in [-0.05, 0) is 38.3 Å². The second kappa shape index (κ2) is 7.11. The van der Waals surface area contributed by atoms with Gasteiger partial charge in [-0.15, -0.1) is 0 Å². The van der Waals surface area contributed by atoms with Crippen LogP contribution in [-0.2, 0) is 4.79 Å². The van der Waals surface area contributed by atoms with Gasteiger partial charge in [0.15, 0.2) is 0 Å². The number of aromatic nitrogens is 1. The van der Waals surface area contributed by atoms with Crippen LogP contribution in [0.4, 0.5) is 0 Å². The van der Waals surface area contributed by atoms with Gasteiger partial charge < -0.3 is 4.98 Å². The Kier molecular flexibility index (Phi) is 5.39. The number of hydrogen-bond donors (Lipinski definition) is 1. The zero-order valence-corrected chi connectivity index (χ0v) is 14.6. The first-order chi connectivity index (χ1) is 10.8. The highest BCUT2D eigenvalue weighted by molar-refractivity contribution is 6.12. The third-order valence-electron chi connectivity index (χ3n) is 4.68. The number of hydrogen-bond acceptors (Lipinski definition) is 3. The van der Waals surface area contributed by atoms with E-state index >= 15 is 0 Å². The van der Waals surface area contributed by atoms with Crippen LogP contribution in [0.2, 0.25) is 0 Å². The summed E-state index contributed by atoms with van der Waals surface area (Å²) in [5, 5.41) is 5.69. The molecule has 2 rings (SSSR count). The molecule has 0 saturated heterocycles. The fourth-order valence-electron chi connectivity index (χ4n) is 2.93. The Labute approximate surface area is 138 Å². The fourth-order valence-corrected chi connectivity index (χ4v) is 2.93. The van der Waals surface area contributed by atoms with Crippen LogP contribution in [0.25, 0.3) is 0 Å². The summed E-state index contributed by atoms with van der Waals surface area (Å²) in [6, 6.07) is 3.48. The van der Waals surface area contributed by atoms with Crippen molar-refractivity contribution in [3.63, 3.8) is 0 Å². The number of nitrogens with zero attached hydrogens (tertiary/aromatic N) is 2. The molecule has 5 nitrogen and oxygen atoms in total. The number of Topliss-reactive ketones (excluding diaryl/α,β-unsaturated/α-hetero) is 1. The van der Waals surface area contributed by atoms with E-state index in [1.807, 2.05) is 13.8 Å². The lowest BCUT2D eigenvalue weighted by atomic mass is 9.80. The van der Waals surface area contributed by atoms with Crippen molar-refractivity contribution in [1.82, 2.24) is 9.99 Å². The minimum Gasteiger partial charge on any atom is -0.359 e. The second-order valence-electron chi connectivity index (χ2n) is 7.03. The highest BCUT2D eigenvalue weighted by atomic mass is 16.2. The minimum absolute atomic E-state index is 0.00172. The molecule has 5 heteroatoms. The summed E-state index contributed by atoms with van der Waals surface area (Å²) >= 11 is 0. The third kappa shape index (κ3) is 3.89. The SMILES string of the molecule is CC1=NN(CC(=O)c2ccc[nH]2)C(=O)C1(C)CCCCC(C)C. The number of nitrogens with one attached hydrogen (secondary N) is 1. The fraction of sp³-hybridized carbons (Fsp3) is 0.611. The van der Waals surface area contributed by atoms with Gasteiger partial charge in [-0.2, -0.15) is 5.10 Å². The van der Waals surface area contributed by atoms with Gasteiger partial charge in [0.1, 0.15) is 6.54 Å². The molecule has 0 aliphatic carbocycles. The van der Waals surface area contributed by atoms with E-state index in [9.17, 15) is 9.59 Å². The Morgan fingerprint density at radius 2 is 2.13 bits per heavy atom. The zero-order chi connectivity index (χ0) is 17.0. The topological polar surface area (TPSA) is 65.5 Å². The Balaban J connectivity index is 1.95. The summed E-state index contributed by atoms with van der Waals surface area (Å²) in [6.45, 7) is 8.26. The van der Waals surface area contributed by atoms with Gasteiger partial charge in [0.05, 0.1) is 16.8 Å². The summed E-state index contributed by atoms with van der Waals surface area (Å²) in [6.07, 6.45) is 5.80. The summed E-state index contributed by atoms with van der Waals surface area (Å²) in [5.41, 5.74) is 0.759. The molecular weight excluding hydrogens is 290 g/mol.